The molecule has 0 aliphatic carbocycles. The van der Waals surface area contributed by atoms with E-state index in [0.29, 0.717) is 17.6 Å². The van der Waals surface area contributed by atoms with Crippen LogP contribution in [0.2, 0.25) is 0 Å². The van der Waals surface area contributed by atoms with Gasteiger partial charge in [0.2, 0.25) is 5.95 Å². The number of para-hydroxylation sites is 3. The number of fused-ring (bicyclic) bond motifs is 10. The second kappa shape index (κ2) is 12.6. The third-order valence-corrected chi connectivity index (χ3v) is 12.4. The topological polar surface area (TPSA) is 48.5 Å². The van der Waals surface area contributed by atoms with Crippen LogP contribution in [0.3, 0.4) is 0 Å². The molecule has 6 heteroatoms. The van der Waals surface area contributed by atoms with Crippen LogP contribution in [0.25, 0.3) is 109 Å². The minimum absolute atomic E-state index is 0.593. The summed E-state index contributed by atoms with van der Waals surface area (Å²) in [5.41, 5.74) is 9.95. The molecule has 8 aromatic carbocycles. The Balaban J connectivity index is 1.13. The molecular weight excluding hydrogens is 715 g/mol. The van der Waals surface area contributed by atoms with Crippen molar-refractivity contribution in [1.29, 1.82) is 0 Å². The highest BCUT2D eigenvalue weighted by molar-refractivity contribution is 7.27. The van der Waals surface area contributed by atoms with Crippen LogP contribution in [0, 0.1) is 0 Å². The maximum Gasteiger partial charge on any atom is 0.238 e. The van der Waals surface area contributed by atoms with Crippen molar-refractivity contribution in [2.75, 3.05) is 0 Å². The van der Waals surface area contributed by atoms with Crippen molar-refractivity contribution in [1.82, 2.24) is 24.1 Å². The van der Waals surface area contributed by atoms with Crippen molar-refractivity contribution in [3.63, 3.8) is 0 Å². The molecule has 12 rings (SSSR count). The largest absolute Gasteiger partial charge is 0.308 e. The van der Waals surface area contributed by atoms with Gasteiger partial charge in [-0.15, -0.1) is 11.3 Å². The fourth-order valence-corrected chi connectivity index (χ4v) is 9.99. The summed E-state index contributed by atoms with van der Waals surface area (Å²) in [5, 5.41) is 7.19. The van der Waals surface area contributed by atoms with Gasteiger partial charge < -0.3 is 4.57 Å². The van der Waals surface area contributed by atoms with Crippen molar-refractivity contribution in [3.8, 4) is 45.5 Å². The molecule has 0 radical (unpaired) electrons. The van der Waals surface area contributed by atoms with E-state index in [4.69, 9.17) is 15.0 Å². The first-order valence-electron chi connectivity index (χ1n) is 19.1. The molecule has 4 heterocycles. The van der Waals surface area contributed by atoms with Crippen LogP contribution in [-0.4, -0.2) is 24.1 Å². The Morgan fingerprint density at radius 2 is 0.877 bits per heavy atom. The lowest BCUT2D eigenvalue weighted by molar-refractivity contribution is 0.954. The summed E-state index contributed by atoms with van der Waals surface area (Å²) in [5.74, 6) is 1.87. The van der Waals surface area contributed by atoms with Crippen LogP contribution < -0.4 is 0 Å². The van der Waals surface area contributed by atoms with Gasteiger partial charge in [0.15, 0.2) is 11.6 Å². The highest BCUT2D eigenvalue weighted by atomic mass is 32.1. The van der Waals surface area contributed by atoms with Crippen molar-refractivity contribution in [3.05, 3.63) is 188 Å². The molecule has 4 aromatic heterocycles. The Morgan fingerprint density at radius 3 is 1.60 bits per heavy atom. The second-order valence-corrected chi connectivity index (χ2v) is 15.4. The summed E-state index contributed by atoms with van der Waals surface area (Å²) in [6, 6.07) is 66.6. The van der Waals surface area contributed by atoms with Crippen LogP contribution in [-0.2, 0) is 0 Å². The Hall–Kier alpha value is -7.41. The molecule has 5 nitrogen and oxygen atoms in total. The van der Waals surface area contributed by atoms with Gasteiger partial charge in [0.1, 0.15) is 0 Å². The minimum atomic E-state index is 0.593. The zero-order valence-electron chi connectivity index (χ0n) is 30.5. The van der Waals surface area contributed by atoms with Crippen LogP contribution >= 0.6 is 11.3 Å². The maximum atomic E-state index is 5.34. The highest BCUT2D eigenvalue weighted by Gasteiger charge is 2.22. The lowest BCUT2D eigenvalue weighted by atomic mass is 10.0. The van der Waals surface area contributed by atoms with E-state index < -0.39 is 0 Å². The number of nitrogens with zero attached hydrogens (tertiary/aromatic N) is 5. The zero-order chi connectivity index (χ0) is 37.5. The third kappa shape index (κ3) is 4.91. The average molecular weight is 746 g/mol. The van der Waals surface area contributed by atoms with Crippen molar-refractivity contribution >= 4 is 75.1 Å². The van der Waals surface area contributed by atoms with Crippen molar-refractivity contribution in [2.24, 2.45) is 0 Å². The van der Waals surface area contributed by atoms with E-state index >= 15 is 0 Å². The molecule has 0 bridgehead atoms. The quantitative estimate of drug-likeness (QED) is 0.176. The van der Waals surface area contributed by atoms with E-state index in [1.165, 1.54) is 48.4 Å². The van der Waals surface area contributed by atoms with E-state index in [1.807, 2.05) is 29.5 Å². The standard InChI is InChI=1S/C51H31N5S/c1-3-15-32(16-4-1)34-19-13-20-35(31-34)55-43-26-10-9-23-38(43)39-29-30-41-40-24-14-25-42(47(40)57-48(41)46(39)55)50-52-49(33-17-5-2-6-18-33)53-51(54-50)56-44-27-11-7-21-36(44)37-22-8-12-28-45(37)56/h1-31H. The summed E-state index contributed by atoms with van der Waals surface area (Å²) in [4.78, 5) is 15.7. The van der Waals surface area contributed by atoms with Crippen molar-refractivity contribution in [2.45, 2.75) is 0 Å². The van der Waals surface area contributed by atoms with Gasteiger partial charge in [-0.25, -0.2) is 4.98 Å². The molecule has 0 aliphatic rings. The third-order valence-electron chi connectivity index (χ3n) is 11.2. The van der Waals surface area contributed by atoms with E-state index in [0.717, 1.165) is 43.3 Å². The summed E-state index contributed by atoms with van der Waals surface area (Å²) < 4.78 is 7.01. The van der Waals surface area contributed by atoms with Gasteiger partial charge in [-0.2, -0.15) is 9.97 Å². The molecule has 57 heavy (non-hydrogen) atoms. The molecule has 0 fully saturated rings. The normalized spacial score (nSPS) is 11.9. The highest BCUT2D eigenvalue weighted by Crippen LogP contribution is 2.46. The van der Waals surface area contributed by atoms with Crippen LogP contribution in [0.5, 0.6) is 0 Å². The predicted molar refractivity (Wildman–Crippen MR) is 238 cm³/mol. The molecule has 266 valence electrons. The molecule has 0 amide bonds. The first-order chi connectivity index (χ1) is 28.3. The van der Waals surface area contributed by atoms with Gasteiger partial charge >= 0.3 is 0 Å². The molecule has 0 spiro atoms. The number of hydrogen-bond donors (Lipinski definition) is 0. The first kappa shape index (κ1) is 31.9. The van der Waals surface area contributed by atoms with Crippen LogP contribution in [0.15, 0.2) is 188 Å². The van der Waals surface area contributed by atoms with Gasteiger partial charge in [0.25, 0.3) is 0 Å². The SMILES string of the molecule is c1ccc(-c2cccc(-n3c4ccccc4c4ccc5c6cccc(-c7nc(-c8ccccc8)nc(-n8c9ccccc9c9ccccc98)n7)c6sc5c43)c2)cc1. The fourth-order valence-electron chi connectivity index (χ4n) is 8.64. The summed E-state index contributed by atoms with van der Waals surface area (Å²) >= 11 is 1.82. The molecule has 12 aromatic rings. The van der Waals surface area contributed by atoms with E-state index in [9.17, 15) is 0 Å². The fraction of sp³-hybridized carbons (Fsp3) is 0. The van der Waals surface area contributed by atoms with Gasteiger partial charge in [0, 0.05) is 53.8 Å². The van der Waals surface area contributed by atoms with Gasteiger partial charge in [0.05, 0.1) is 26.8 Å². The summed E-state index contributed by atoms with van der Waals surface area (Å²) in [6.45, 7) is 0. The first-order valence-corrected chi connectivity index (χ1v) is 19.9. The lowest BCUT2D eigenvalue weighted by Gasteiger charge is -2.11. The Kier molecular flexibility index (Phi) is 7.03. The molecule has 0 N–H and O–H groups in total. The van der Waals surface area contributed by atoms with Crippen LogP contribution in [0.1, 0.15) is 0 Å². The molecule has 0 aliphatic heterocycles. The summed E-state index contributed by atoms with van der Waals surface area (Å²) in [6.07, 6.45) is 0. The number of hydrogen-bond acceptors (Lipinski definition) is 4. The monoisotopic (exact) mass is 745 g/mol. The number of benzene rings is 8. The van der Waals surface area contributed by atoms with E-state index in [-0.39, 0.29) is 0 Å². The molecular formula is C51H31N5S. The molecule has 0 saturated heterocycles. The number of thiophene rings is 1. The van der Waals surface area contributed by atoms with E-state index in [2.05, 4.69) is 179 Å². The number of aromatic nitrogens is 5. The lowest BCUT2D eigenvalue weighted by Crippen LogP contribution is -2.06. The smallest absolute Gasteiger partial charge is 0.238 e. The second-order valence-electron chi connectivity index (χ2n) is 14.4. The minimum Gasteiger partial charge on any atom is -0.308 e. The Bertz CT molecular complexity index is 3470. The Morgan fingerprint density at radius 1 is 0.351 bits per heavy atom. The molecule has 0 atom stereocenters. The van der Waals surface area contributed by atoms with Gasteiger partial charge in [-0.05, 0) is 47.5 Å². The maximum absolute atomic E-state index is 5.34. The van der Waals surface area contributed by atoms with Gasteiger partial charge in [-0.1, -0.05) is 152 Å². The average Bonchev–Trinajstić information content (AvgIpc) is 3.95. The zero-order valence-corrected chi connectivity index (χ0v) is 31.4. The predicted octanol–water partition coefficient (Wildman–Crippen LogP) is 13.4. The van der Waals surface area contributed by atoms with Crippen molar-refractivity contribution < 1.29 is 0 Å². The number of rotatable bonds is 5. The molecule has 0 saturated carbocycles. The Labute approximate surface area is 331 Å². The van der Waals surface area contributed by atoms with Crippen LogP contribution in [0.4, 0.5) is 0 Å². The molecule has 0 unspecified atom stereocenters. The van der Waals surface area contributed by atoms with Gasteiger partial charge in [-0.3, -0.25) is 4.57 Å². The summed E-state index contributed by atoms with van der Waals surface area (Å²) in [7, 11) is 0. The van der Waals surface area contributed by atoms with E-state index in [1.54, 1.807) is 0 Å².